The SMILES string of the molecule is Cc1ccsc1CN(C(=O)c1onc2ccccc12)C1CC1. The Morgan fingerprint density at radius 3 is 2.91 bits per heavy atom. The van der Waals surface area contributed by atoms with Crippen molar-refractivity contribution in [1.82, 2.24) is 10.1 Å². The first-order chi connectivity index (χ1) is 10.7. The molecule has 0 unspecified atom stereocenters. The van der Waals surface area contributed by atoms with Gasteiger partial charge in [0.1, 0.15) is 5.52 Å². The van der Waals surface area contributed by atoms with Gasteiger partial charge in [0, 0.05) is 10.9 Å². The molecule has 22 heavy (non-hydrogen) atoms. The van der Waals surface area contributed by atoms with Crippen molar-refractivity contribution in [3.63, 3.8) is 0 Å². The quantitative estimate of drug-likeness (QED) is 0.731. The predicted octanol–water partition coefficient (Wildman–Crippen LogP) is 4.00. The molecule has 1 saturated carbocycles. The van der Waals surface area contributed by atoms with Gasteiger partial charge in [-0.3, -0.25) is 4.79 Å². The van der Waals surface area contributed by atoms with Crippen LogP contribution in [0.5, 0.6) is 0 Å². The van der Waals surface area contributed by atoms with E-state index < -0.39 is 0 Å². The van der Waals surface area contributed by atoms with Crippen LogP contribution in [0.4, 0.5) is 0 Å². The van der Waals surface area contributed by atoms with Crippen LogP contribution in [0.3, 0.4) is 0 Å². The first-order valence-corrected chi connectivity index (χ1v) is 8.30. The molecular formula is C17H16N2O2S. The zero-order valence-electron chi connectivity index (χ0n) is 12.3. The molecule has 0 saturated heterocycles. The Hall–Kier alpha value is -2.14. The largest absolute Gasteiger partial charge is 0.350 e. The number of nitrogens with zero attached hydrogens (tertiary/aromatic N) is 2. The van der Waals surface area contributed by atoms with E-state index >= 15 is 0 Å². The summed E-state index contributed by atoms with van der Waals surface area (Å²) in [4.78, 5) is 16.1. The molecule has 3 aromatic rings. The molecule has 1 fully saturated rings. The van der Waals surface area contributed by atoms with Crippen LogP contribution >= 0.6 is 11.3 Å². The Morgan fingerprint density at radius 1 is 1.36 bits per heavy atom. The summed E-state index contributed by atoms with van der Waals surface area (Å²) < 4.78 is 5.35. The molecule has 0 radical (unpaired) electrons. The van der Waals surface area contributed by atoms with E-state index in [1.54, 1.807) is 11.3 Å². The number of amides is 1. The van der Waals surface area contributed by atoms with E-state index in [0.29, 0.717) is 18.3 Å². The number of fused-ring (bicyclic) bond motifs is 1. The van der Waals surface area contributed by atoms with Crippen molar-refractivity contribution in [2.45, 2.75) is 32.4 Å². The number of rotatable bonds is 4. The van der Waals surface area contributed by atoms with E-state index in [1.807, 2.05) is 29.2 Å². The van der Waals surface area contributed by atoms with Gasteiger partial charge in [-0.15, -0.1) is 11.3 Å². The third kappa shape index (κ3) is 2.31. The zero-order chi connectivity index (χ0) is 15.1. The molecule has 2 aromatic heterocycles. The Balaban J connectivity index is 1.68. The molecule has 0 aliphatic heterocycles. The maximum atomic E-state index is 12.9. The topological polar surface area (TPSA) is 46.3 Å². The summed E-state index contributed by atoms with van der Waals surface area (Å²) in [5, 5.41) is 6.86. The van der Waals surface area contributed by atoms with Gasteiger partial charge in [0.15, 0.2) is 0 Å². The van der Waals surface area contributed by atoms with E-state index in [0.717, 1.165) is 23.7 Å². The molecule has 5 heteroatoms. The van der Waals surface area contributed by atoms with Crippen molar-refractivity contribution in [2.75, 3.05) is 0 Å². The molecule has 112 valence electrons. The number of hydrogen-bond acceptors (Lipinski definition) is 4. The van der Waals surface area contributed by atoms with Gasteiger partial charge in [0.2, 0.25) is 5.76 Å². The van der Waals surface area contributed by atoms with Crippen LogP contribution in [0.15, 0.2) is 40.2 Å². The van der Waals surface area contributed by atoms with E-state index in [1.165, 1.54) is 10.4 Å². The molecule has 0 spiro atoms. The lowest BCUT2D eigenvalue weighted by atomic mass is 10.2. The van der Waals surface area contributed by atoms with Crippen LogP contribution in [0.1, 0.15) is 33.8 Å². The maximum absolute atomic E-state index is 12.9. The van der Waals surface area contributed by atoms with Crippen molar-refractivity contribution >= 4 is 28.1 Å². The minimum Gasteiger partial charge on any atom is -0.350 e. The van der Waals surface area contributed by atoms with Crippen molar-refractivity contribution in [2.24, 2.45) is 0 Å². The summed E-state index contributed by atoms with van der Waals surface area (Å²) in [6.45, 7) is 2.74. The summed E-state index contributed by atoms with van der Waals surface area (Å²) in [6.07, 6.45) is 2.14. The van der Waals surface area contributed by atoms with Crippen LogP contribution in [0.25, 0.3) is 10.9 Å². The van der Waals surface area contributed by atoms with Crippen LogP contribution in [-0.2, 0) is 6.54 Å². The predicted molar refractivity (Wildman–Crippen MR) is 86.0 cm³/mol. The average molecular weight is 312 g/mol. The number of aromatic nitrogens is 1. The second-order valence-corrected chi connectivity index (χ2v) is 6.72. The molecule has 1 aliphatic carbocycles. The van der Waals surface area contributed by atoms with Crippen LogP contribution in [0, 0.1) is 6.92 Å². The van der Waals surface area contributed by atoms with E-state index in [4.69, 9.17) is 4.52 Å². The van der Waals surface area contributed by atoms with Gasteiger partial charge in [0.25, 0.3) is 5.91 Å². The van der Waals surface area contributed by atoms with Crippen molar-refractivity contribution in [3.05, 3.63) is 51.9 Å². The summed E-state index contributed by atoms with van der Waals surface area (Å²) in [5.41, 5.74) is 1.97. The second-order valence-electron chi connectivity index (χ2n) is 5.72. The number of aryl methyl sites for hydroxylation is 1. The zero-order valence-corrected chi connectivity index (χ0v) is 13.1. The summed E-state index contributed by atoms with van der Waals surface area (Å²) in [5.74, 6) is 0.306. The number of carbonyl (C=O) groups excluding carboxylic acids is 1. The highest BCUT2D eigenvalue weighted by Gasteiger charge is 2.35. The minimum atomic E-state index is -0.0519. The van der Waals surface area contributed by atoms with Gasteiger partial charge in [-0.05, 0) is 48.9 Å². The van der Waals surface area contributed by atoms with Gasteiger partial charge in [0.05, 0.1) is 11.9 Å². The highest BCUT2D eigenvalue weighted by atomic mass is 32.1. The lowest BCUT2D eigenvalue weighted by Crippen LogP contribution is -2.32. The molecule has 0 atom stereocenters. The lowest BCUT2D eigenvalue weighted by molar-refractivity contribution is 0.0692. The molecule has 1 aromatic carbocycles. The molecule has 0 N–H and O–H groups in total. The van der Waals surface area contributed by atoms with E-state index in [2.05, 4.69) is 23.5 Å². The molecule has 2 heterocycles. The van der Waals surface area contributed by atoms with Gasteiger partial charge < -0.3 is 9.42 Å². The smallest absolute Gasteiger partial charge is 0.293 e. The Kier molecular flexibility index (Phi) is 3.22. The van der Waals surface area contributed by atoms with Crippen molar-refractivity contribution < 1.29 is 9.32 Å². The summed E-state index contributed by atoms with van der Waals surface area (Å²) in [7, 11) is 0. The van der Waals surface area contributed by atoms with Crippen LogP contribution < -0.4 is 0 Å². The second kappa shape index (κ2) is 5.25. The highest BCUT2D eigenvalue weighted by molar-refractivity contribution is 7.10. The molecule has 4 rings (SSSR count). The molecule has 0 bridgehead atoms. The van der Waals surface area contributed by atoms with Crippen molar-refractivity contribution in [3.8, 4) is 0 Å². The first-order valence-electron chi connectivity index (χ1n) is 7.42. The molecule has 4 nitrogen and oxygen atoms in total. The van der Waals surface area contributed by atoms with Crippen LogP contribution in [-0.4, -0.2) is 22.0 Å². The Morgan fingerprint density at radius 2 is 2.18 bits per heavy atom. The van der Waals surface area contributed by atoms with Gasteiger partial charge in [-0.2, -0.15) is 0 Å². The number of thiophene rings is 1. The van der Waals surface area contributed by atoms with E-state index in [9.17, 15) is 4.79 Å². The highest BCUT2D eigenvalue weighted by Crippen LogP contribution is 2.32. The fraction of sp³-hybridized carbons (Fsp3) is 0.294. The normalized spacial score (nSPS) is 14.4. The third-order valence-electron chi connectivity index (χ3n) is 4.11. The number of hydrogen-bond donors (Lipinski definition) is 0. The maximum Gasteiger partial charge on any atom is 0.293 e. The summed E-state index contributed by atoms with van der Waals surface area (Å²) >= 11 is 1.70. The Labute approximate surface area is 132 Å². The first kappa shape index (κ1) is 13.5. The molecular weight excluding hydrogens is 296 g/mol. The number of benzene rings is 1. The number of carbonyl (C=O) groups is 1. The third-order valence-corrected chi connectivity index (χ3v) is 5.12. The fourth-order valence-electron chi connectivity index (χ4n) is 2.65. The van der Waals surface area contributed by atoms with Gasteiger partial charge in [-0.25, -0.2) is 0 Å². The molecule has 1 amide bonds. The van der Waals surface area contributed by atoms with E-state index in [-0.39, 0.29) is 5.91 Å². The fourth-order valence-corrected chi connectivity index (χ4v) is 3.55. The standard InChI is InChI=1S/C17H16N2O2S/c1-11-8-9-22-15(11)10-19(12-6-7-12)17(20)16-13-4-2-3-5-14(13)18-21-16/h2-5,8-9,12H,6-7,10H2,1H3. The lowest BCUT2D eigenvalue weighted by Gasteiger charge is -2.21. The Bertz CT molecular complexity index is 832. The average Bonchev–Trinajstić information content (AvgIpc) is 3.15. The monoisotopic (exact) mass is 312 g/mol. The van der Waals surface area contributed by atoms with Crippen molar-refractivity contribution in [1.29, 1.82) is 0 Å². The van der Waals surface area contributed by atoms with Gasteiger partial charge >= 0.3 is 0 Å². The minimum absolute atomic E-state index is 0.0519. The van der Waals surface area contributed by atoms with Crippen LogP contribution in [0.2, 0.25) is 0 Å². The molecule has 1 aliphatic rings. The van der Waals surface area contributed by atoms with Gasteiger partial charge in [-0.1, -0.05) is 17.3 Å². The summed E-state index contributed by atoms with van der Waals surface area (Å²) in [6, 6.07) is 9.98.